The minimum absolute atomic E-state index is 0.0490. The fraction of sp³-hybridized carbons (Fsp3) is 0.316. The van der Waals surface area contributed by atoms with Gasteiger partial charge in [-0.3, -0.25) is 4.79 Å². The van der Waals surface area contributed by atoms with E-state index in [4.69, 9.17) is 9.47 Å². The molecular formula is C19H21NO7S. The first-order chi connectivity index (χ1) is 13.4. The van der Waals surface area contributed by atoms with E-state index < -0.39 is 27.8 Å². The second-order valence-corrected chi connectivity index (χ2v) is 7.01. The summed E-state index contributed by atoms with van der Waals surface area (Å²) in [6.07, 6.45) is -0.268. The average Bonchev–Trinajstić information content (AvgIpc) is 3.16. The standard InChI is InChI=1S/C19H21NO7S/c1-3-19(28(24)25,17(22)26-4-2)18(23)27-12-14-10-11-15(20-14)16(21)13-8-6-5-7-9-13/h5-11,20H,3-4,12H2,1-2H3,(H,24,25). The van der Waals surface area contributed by atoms with Gasteiger partial charge in [0.1, 0.15) is 6.61 Å². The van der Waals surface area contributed by atoms with Crippen molar-refractivity contribution in [3.63, 3.8) is 0 Å². The molecule has 1 aromatic heterocycles. The first-order valence-corrected chi connectivity index (χ1v) is 9.70. The van der Waals surface area contributed by atoms with Crippen LogP contribution in [0.3, 0.4) is 0 Å². The van der Waals surface area contributed by atoms with Crippen molar-refractivity contribution < 1.29 is 32.6 Å². The zero-order valence-corrected chi connectivity index (χ0v) is 16.3. The number of carbonyl (C=O) groups is 3. The van der Waals surface area contributed by atoms with Gasteiger partial charge in [0.25, 0.3) is 4.75 Å². The highest BCUT2D eigenvalue weighted by Crippen LogP contribution is 2.23. The van der Waals surface area contributed by atoms with Crippen LogP contribution in [0, 0.1) is 0 Å². The molecule has 150 valence electrons. The number of benzene rings is 1. The normalized spacial score (nSPS) is 14.0. The lowest BCUT2D eigenvalue weighted by molar-refractivity contribution is -0.160. The first-order valence-electron chi connectivity index (χ1n) is 8.59. The molecule has 0 fully saturated rings. The summed E-state index contributed by atoms with van der Waals surface area (Å²) in [6, 6.07) is 11.7. The first kappa shape index (κ1) is 21.5. The van der Waals surface area contributed by atoms with Gasteiger partial charge in [-0.2, -0.15) is 0 Å². The monoisotopic (exact) mass is 407 g/mol. The lowest BCUT2D eigenvalue weighted by Crippen LogP contribution is -2.51. The minimum atomic E-state index is -2.82. The van der Waals surface area contributed by atoms with E-state index >= 15 is 0 Å². The molecule has 1 heterocycles. The van der Waals surface area contributed by atoms with E-state index in [9.17, 15) is 23.1 Å². The van der Waals surface area contributed by atoms with E-state index in [-0.39, 0.29) is 25.4 Å². The number of hydrogen-bond donors (Lipinski definition) is 2. The molecule has 0 spiro atoms. The number of nitrogens with one attached hydrogen (secondary N) is 1. The van der Waals surface area contributed by atoms with Gasteiger partial charge in [-0.1, -0.05) is 37.3 Å². The Kier molecular flexibility index (Phi) is 7.24. The largest absolute Gasteiger partial charge is 0.464 e. The number of aromatic nitrogens is 1. The van der Waals surface area contributed by atoms with E-state index in [0.29, 0.717) is 17.0 Å². The number of rotatable bonds is 9. The van der Waals surface area contributed by atoms with Crippen LogP contribution in [0.5, 0.6) is 0 Å². The van der Waals surface area contributed by atoms with Crippen molar-refractivity contribution in [2.24, 2.45) is 0 Å². The maximum atomic E-state index is 12.4. The summed E-state index contributed by atoms with van der Waals surface area (Å²) in [4.78, 5) is 39.8. The van der Waals surface area contributed by atoms with Gasteiger partial charge in [-0.25, -0.2) is 13.8 Å². The van der Waals surface area contributed by atoms with Crippen LogP contribution in [0.1, 0.15) is 42.0 Å². The molecule has 28 heavy (non-hydrogen) atoms. The Morgan fingerprint density at radius 1 is 1.04 bits per heavy atom. The molecule has 1 aromatic carbocycles. The van der Waals surface area contributed by atoms with Crippen molar-refractivity contribution in [3.05, 3.63) is 59.4 Å². The van der Waals surface area contributed by atoms with Crippen molar-refractivity contribution in [2.75, 3.05) is 6.61 Å². The highest BCUT2D eigenvalue weighted by molar-refractivity contribution is 7.82. The van der Waals surface area contributed by atoms with Gasteiger partial charge < -0.3 is 19.0 Å². The van der Waals surface area contributed by atoms with Gasteiger partial charge in [0, 0.05) is 5.56 Å². The lowest BCUT2D eigenvalue weighted by Gasteiger charge is -2.24. The summed E-state index contributed by atoms with van der Waals surface area (Å²) in [5.41, 5.74) is 1.19. The van der Waals surface area contributed by atoms with Crippen LogP contribution in [0.2, 0.25) is 0 Å². The Labute approximate surface area is 164 Å². The summed E-state index contributed by atoms with van der Waals surface area (Å²) in [6.45, 7) is 2.58. The van der Waals surface area contributed by atoms with Crippen molar-refractivity contribution in [3.8, 4) is 0 Å². The Bertz CT molecular complexity index is 877. The summed E-state index contributed by atoms with van der Waals surface area (Å²) in [5.74, 6) is -2.52. The molecule has 0 saturated heterocycles. The third-order valence-corrected chi connectivity index (χ3v) is 5.33. The number of aromatic amines is 1. The SMILES string of the molecule is CCOC(=O)C(CC)(C(=O)OCc1ccc(C(=O)c2ccccc2)[nH]1)S(=O)O. The molecule has 0 aliphatic heterocycles. The second-order valence-electron chi connectivity index (χ2n) is 5.82. The summed E-state index contributed by atoms with van der Waals surface area (Å²) < 4.78 is 28.8. The molecule has 8 nitrogen and oxygen atoms in total. The van der Waals surface area contributed by atoms with Crippen LogP contribution in [0.15, 0.2) is 42.5 Å². The van der Waals surface area contributed by atoms with Crippen LogP contribution in [0.25, 0.3) is 0 Å². The molecular weight excluding hydrogens is 386 g/mol. The second kappa shape index (κ2) is 9.43. The maximum absolute atomic E-state index is 12.4. The minimum Gasteiger partial charge on any atom is -0.464 e. The number of hydrogen-bond acceptors (Lipinski definition) is 6. The molecule has 2 unspecified atom stereocenters. The predicted molar refractivity (Wildman–Crippen MR) is 101 cm³/mol. The average molecular weight is 407 g/mol. The number of ether oxygens (including phenoxy) is 2. The predicted octanol–water partition coefficient (Wildman–Crippen LogP) is 2.22. The third kappa shape index (κ3) is 4.37. The van der Waals surface area contributed by atoms with Gasteiger partial charge in [-0.05, 0) is 25.5 Å². The molecule has 2 N–H and O–H groups in total. The topological polar surface area (TPSA) is 123 Å². The summed E-state index contributed by atoms with van der Waals surface area (Å²) in [7, 11) is 0. The molecule has 9 heteroatoms. The fourth-order valence-electron chi connectivity index (χ4n) is 2.55. The van der Waals surface area contributed by atoms with Crippen LogP contribution in [0.4, 0.5) is 0 Å². The molecule has 2 aromatic rings. The fourth-order valence-corrected chi connectivity index (χ4v) is 3.20. The van der Waals surface area contributed by atoms with Crippen molar-refractivity contribution in [2.45, 2.75) is 31.6 Å². The Morgan fingerprint density at radius 2 is 1.68 bits per heavy atom. The molecule has 0 radical (unpaired) electrons. The van der Waals surface area contributed by atoms with Gasteiger partial charge in [0.05, 0.1) is 18.0 Å². The van der Waals surface area contributed by atoms with E-state index in [2.05, 4.69) is 4.98 Å². The smallest absolute Gasteiger partial charge is 0.339 e. The molecule has 0 aliphatic carbocycles. The van der Waals surface area contributed by atoms with Crippen LogP contribution in [-0.2, 0) is 36.8 Å². The van der Waals surface area contributed by atoms with Crippen LogP contribution < -0.4 is 0 Å². The van der Waals surface area contributed by atoms with Gasteiger partial charge in [-0.15, -0.1) is 0 Å². The quantitative estimate of drug-likeness (QED) is 0.283. The van der Waals surface area contributed by atoms with E-state index in [1.54, 1.807) is 42.5 Å². The molecule has 2 rings (SSSR count). The summed E-state index contributed by atoms with van der Waals surface area (Å²) >= 11 is -2.82. The van der Waals surface area contributed by atoms with E-state index in [1.807, 2.05) is 0 Å². The molecule has 0 saturated carbocycles. The number of esters is 2. The van der Waals surface area contributed by atoms with Gasteiger partial charge >= 0.3 is 11.9 Å². The van der Waals surface area contributed by atoms with Gasteiger partial charge in [0.2, 0.25) is 5.78 Å². The molecule has 2 atom stereocenters. The van der Waals surface area contributed by atoms with Crippen molar-refractivity contribution >= 4 is 28.8 Å². The van der Waals surface area contributed by atoms with Crippen LogP contribution >= 0.6 is 0 Å². The van der Waals surface area contributed by atoms with Gasteiger partial charge in [0.15, 0.2) is 11.1 Å². The lowest BCUT2D eigenvalue weighted by atomic mass is 10.1. The molecule has 0 bridgehead atoms. The Morgan fingerprint density at radius 3 is 2.25 bits per heavy atom. The van der Waals surface area contributed by atoms with Crippen molar-refractivity contribution in [1.82, 2.24) is 4.98 Å². The number of ketones is 1. The van der Waals surface area contributed by atoms with E-state index in [1.165, 1.54) is 13.8 Å². The van der Waals surface area contributed by atoms with E-state index in [0.717, 1.165) is 0 Å². The Hall–Kier alpha value is -2.78. The summed E-state index contributed by atoms with van der Waals surface area (Å²) in [5, 5.41) is 0. The zero-order chi connectivity index (χ0) is 20.7. The maximum Gasteiger partial charge on any atom is 0.339 e. The zero-order valence-electron chi connectivity index (χ0n) is 15.5. The van der Waals surface area contributed by atoms with Crippen LogP contribution in [-0.4, -0.2) is 42.8 Å². The van der Waals surface area contributed by atoms with Crippen molar-refractivity contribution in [1.29, 1.82) is 0 Å². The molecule has 0 aliphatic rings. The highest BCUT2D eigenvalue weighted by atomic mass is 32.2. The number of H-pyrrole nitrogens is 1. The highest BCUT2D eigenvalue weighted by Gasteiger charge is 2.53. The molecule has 0 amide bonds. The Balaban J connectivity index is 2.11. The number of carbonyl (C=O) groups excluding carboxylic acids is 3. The third-order valence-electron chi connectivity index (χ3n) is 4.12.